The quantitative estimate of drug-likeness (QED) is 0.319. The topological polar surface area (TPSA) is 65.7 Å². The third-order valence-electron chi connectivity index (χ3n) is 5.02. The lowest BCUT2D eigenvalue weighted by atomic mass is 9.97. The van der Waals surface area contributed by atoms with Crippen LogP contribution in [-0.4, -0.2) is 49.1 Å². The van der Waals surface area contributed by atoms with E-state index in [0.717, 1.165) is 57.3 Å². The lowest BCUT2D eigenvalue weighted by molar-refractivity contribution is 0.176. The molecule has 2 aromatic rings. The number of piperidine rings is 1. The summed E-state index contributed by atoms with van der Waals surface area (Å²) >= 11 is 1.78. The predicted octanol–water partition coefficient (Wildman–Crippen LogP) is 3.54. The second kappa shape index (κ2) is 12.4. The standard InChI is InChI=1S/C20H31N5OS.HI/c1-3-19-24-17(15-27-19)14-25-10-7-16(8-11-25)13-23-20(21-2)22-9-6-18-5-4-12-26-18;/h4-5,12,15-16H,3,6-11,13-14H2,1-2H3,(H2,21,22,23);1H. The number of aromatic nitrogens is 1. The van der Waals surface area contributed by atoms with E-state index in [1.165, 1.54) is 23.5 Å². The summed E-state index contributed by atoms with van der Waals surface area (Å²) in [6.07, 6.45) is 6.06. The Hall–Kier alpha value is -1.13. The van der Waals surface area contributed by atoms with E-state index in [2.05, 4.69) is 32.8 Å². The fraction of sp³-hybridized carbons (Fsp3) is 0.600. The Balaban J connectivity index is 0.00000280. The monoisotopic (exact) mass is 517 g/mol. The van der Waals surface area contributed by atoms with E-state index in [4.69, 9.17) is 9.40 Å². The lowest BCUT2D eigenvalue weighted by Gasteiger charge is -2.31. The molecule has 6 nitrogen and oxygen atoms in total. The smallest absolute Gasteiger partial charge is 0.190 e. The SMILES string of the molecule is CCc1nc(CN2CCC(CNC(=NC)NCCc3ccco3)CC2)cs1.I. The third kappa shape index (κ3) is 7.36. The van der Waals surface area contributed by atoms with E-state index in [0.29, 0.717) is 5.92 Å². The van der Waals surface area contributed by atoms with Gasteiger partial charge in [-0.15, -0.1) is 35.3 Å². The van der Waals surface area contributed by atoms with E-state index < -0.39 is 0 Å². The van der Waals surface area contributed by atoms with E-state index in [1.807, 2.05) is 19.2 Å². The molecule has 0 aliphatic carbocycles. The minimum atomic E-state index is 0. The van der Waals surface area contributed by atoms with Crippen molar-refractivity contribution in [3.05, 3.63) is 40.2 Å². The molecule has 0 bridgehead atoms. The molecule has 1 fully saturated rings. The molecule has 28 heavy (non-hydrogen) atoms. The molecule has 1 saturated heterocycles. The largest absolute Gasteiger partial charge is 0.469 e. The van der Waals surface area contributed by atoms with E-state index in [9.17, 15) is 0 Å². The molecule has 2 aromatic heterocycles. The average molecular weight is 517 g/mol. The van der Waals surface area contributed by atoms with Gasteiger partial charge in [-0.3, -0.25) is 9.89 Å². The highest BCUT2D eigenvalue weighted by Crippen LogP contribution is 2.19. The number of hydrogen-bond acceptors (Lipinski definition) is 5. The van der Waals surface area contributed by atoms with Gasteiger partial charge in [-0.05, 0) is 50.4 Å². The summed E-state index contributed by atoms with van der Waals surface area (Å²) in [7, 11) is 1.82. The Morgan fingerprint density at radius 1 is 1.36 bits per heavy atom. The molecule has 0 spiro atoms. The Kier molecular flexibility index (Phi) is 10.3. The fourth-order valence-electron chi connectivity index (χ4n) is 3.38. The van der Waals surface area contributed by atoms with Gasteiger partial charge in [0.15, 0.2) is 5.96 Å². The lowest BCUT2D eigenvalue weighted by Crippen LogP contribution is -2.43. The van der Waals surface area contributed by atoms with Crippen molar-refractivity contribution in [1.82, 2.24) is 20.5 Å². The van der Waals surface area contributed by atoms with Gasteiger partial charge in [0.1, 0.15) is 5.76 Å². The van der Waals surface area contributed by atoms with Crippen LogP contribution in [0.2, 0.25) is 0 Å². The second-order valence-electron chi connectivity index (χ2n) is 7.01. The number of furan rings is 1. The van der Waals surface area contributed by atoms with Gasteiger partial charge >= 0.3 is 0 Å². The molecule has 1 aliphatic heterocycles. The number of nitrogens with zero attached hydrogens (tertiary/aromatic N) is 3. The van der Waals surface area contributed by atoms with Crippen molar-refractivity contribution in [2.75, 3.05) is 33.2 Å². The summed E-state index contributed by atoms with van der Waals surface area (Å²) < 4.78 is 5.36. The van der Waals surface area contributed by atoms with Crippen LogP contribution in [0.1, 0.15) is 36.2 Å². The number of thiazole rings is 1. The van der Waals surface area contributed by atoms with E-state index in [-0.39, 0.29) is 24.0 Å². The number of aliphatic imine (C=N–C) groups is 1. The zero-order chi connectivity index (χ0) is 18.9. The van der Waals surface area contributed by atoms with Crippen LogP contribution in [0.3, 0.4) is 0 Å². The number of nitrogens with one attached hydrogen (secondary N) is 2. The number of rotatable bonds is 8. The molecule has 156 valence electrons. The van der Waals surface area contributed by atoms with Gasteiger partial charge in [0.05, 0.1) is 17.0 Å². The number of guanidine groups is 1. The van der Waals surface area contributed by atoms with Crippen LogP contribution in [0.4, 0.5) is 0 Å². The Morgan fingerprint density at radius 3 is 2.82 bits per heavy atom. The minimum Gasteiger partial charge on any atom is -0.469 e. The average Bonchev–Trinajstić information content (AvgIpc) is 3.37. The van der Waals surface area contributed by atoms with Crippen molar-refractivity contribution in [3.8, 4) is 0 Å². The molecule has 0 radical (unpaired) electrons. The molecule has 0 unspecified atom stereocenters. The van der Waals surface area contributed by atoms with Crippen molar-refractivity contribution in [1.29, 1.82) is 0 Å². The van der Waals surface area contributed by atoms with Gasteiger partial charge in [0.2, 0.25) is 0 Å². The summed E-state index contributed by atoms with van der Waals surface area (Å²) in [5.41, 5.74) is 1.23. The Morgan fingerprint density at radius 2 is 2.18 bits per heavy atom. The molecule has 8 heteroatoms. The summed E-state index contributed by atoms with van der Waals surface area (Å²) in [6, 6.07) is 3.92. The van der Waals surface area contributed by atoms with Crippen LogP contribution in [0.25, 0.3) is 0 Å². The summed E-state index contributed by atoms with van der Waals surface area (Å²) in [6.45, 7) is 7.25. The maximum Gasteiger partial charge on any atom is 0.190 e. The number of hydrogen-bond donors (Lipinski definition) is 2. The van der Waals surface area contributed by atoms with Crippen LogP contribution < -0.4 is 10.6 Å². The molecule has 2 N–H and O–H groups in total. The molecule has 0 aromatic carbocycles. The molecule has 0 saturated carbocycles. The van der Waals surface area contributed by atoms with Crippen molar-refractivity contribution in [2.45, 2.75) is 39.2 Å². The van der Waals surface area contributed by atoms with Crippen molar-refractivity contribution >= 4 is 41.3 Å². The first-order chi connectivity index (χ1) is 13.3. The van der Waals surface area contributed by atoms with Crippen LogP contribution in [0.15, 0.2) is 33.2 Å². The van der Waals surface area contributed by atoms with Crippen molar-refractivity contribution in [3.63, 3.8) is 0 Å². The van der Waals surface area contributed by atoms with Crippen molar-refractivity contribution < 1.29 is 4.42 Å². The number of likely N-dealkylation sites (tertiary alicyclic amines) is 1. The minimum absolute atomic E-state index is 0. The van der Waals surface area contributed by atoms with Gasteiger partial charge in [-0.25, -0.2) is 4.98 Å². The maximum atomic E-state index is 5.36. The predicted molar refractivity (Wildman–Crippen MR) is 127 cm³/mol. The fourth-order valence-corrected chi connectivity index (χ4v) is 4.12. The van der Waals surface area contributed by atoms with E-state index in [1.54, 1.807) is 17.6 Å². The van der Waals surface area contributed by atoms with Crippen LogP contribution >= 0.6 is 35.3 Å². The van der Waals surface area contributed by atoms with Gasteiger partial charge in [0, 0.05) is 38.5 Å². The van der Waals surface area contributed by atoms with Crippen LogP contribution in [0, 0.1) is 5.92 Å². The number of aryl methyl sites for hydroxylation is 1. The Labute approximate surface area is 189 Å². The van der Waals surface area contributed by atoms with Gasteiger partial charge < -0.3 is 15.1 Å². The molecule has 0 atom stereocenters. The number of halogens is 1. The zero-order valence-electron chi connectivity index (χ0n) is 16.8. The van der Waals surface area contributed by atoms with Crippen LogP contribution in [0.5, 0.6) is 0 Å². The summed E-state index contributed by atoms with van der Waals surface area (Å²) in [5, 5.41) is 10.3. The highest BCUT2D eigenvalue weighted by Gasteiger charge is 2.20. The first-order valence-electron chi connectivity index (χ1n) is 9.89. The summed E-state index contributed by atoms with van der Waals surface area (Å²) in [4.78, 5) is 11.5. The normalized spacial score (nSPS) is 16.0. The molecular weight excluding hydrogens is 485 g/mol. The van der Waals surface area contributed by atoms with Crippen LogP contribution in [-0.2, 0) is 19.4 Å². The molecule has 3 heterocycles. The maximum absolute atomic E-state index is 5.36. The highest BCUT2D eigenvalue weighted by atomic mass is 127. The first-order valence-corrected chi connectivity index (χ1v) is 10.8. The highest BCUT2D eigenvalue weighted by molar-refractivity contribution is 14.0. The second-order valence-corrected chi connectivity index (χ2v) is 7.96. The van der Waals surface area contributed by atoms with Gasteiger partial charge in [-0.1, -0.05) is 6.92 Å². The zero-order valence-corrected chi connectivity index (χ0v) is 20.0. The first kappa shape index (κ1) is 23.2. The Bertz CT molecular complexity index is 695. The van der Waals surface area contributed by atoms with Gasteiger partial charge in [-0.2, -0.15) is 0 Å². The van der Waals surface area contributed by atoms with Crippen molar-refractivity contribution in [2.24, 2.45) is 10.9 Å². The van der Waals surface area contributed by atoms with E-state index >= 15 is 0 Å². The molecule has 0 amide bonds. The summed E-state index contributed by atoms with van der Waals surface area (Å²) in [5.74, 6) is 2.57. The molecule has 1 aliphatic rings. The van der Waals surface area contributed by atoms with Gasteiger partial charge in [0.25, 0.3) is 0 Å². The molecule has 3 rings (SSSR count). The molecular formula is C20H32IN5OS. The third-order valence-corrected chi connectivity index (χ3v) is 6.06.